The summed E-state index contributed by atoms with van der Waals surface area (Å²) in [5, 5.41) is 10.2. The number of hydrogen-bond acceptors (Lipinski definition) is 1. The first-order chi connectivity index (χ1) is 25.2. The van der Waals surface area contributed by atoms with E-state index < -0.39 is 0 Å². The molecule has 51 heavy (non-hydrogen) atoms. The molecule has 0 N–H and O–H groups in total. The van der Waals surface area contributed by atoms with Crippen LogP contribution >= 0.6 is 0 Å². The number of benzene rings is 9. The van der Waals surface area contributed by atoms with Crippen LogP contribution in [0.5, 0.6) is 0 Å². The molecule has 1 atom stereocenters. The minimum Gasteiger partial charge on any atom is -0.283 e. The predicted octanol–water partition coefficient (Wildman–Crippen LogP) is 12.9. The summed E-state index contributed by atoms with van der Waals surface area (Å²) in [6.45, 7) is 2.79. The van der Waals surface area contributed by atoms with Crippen molar-refractivity contribution in [1.82, 2.24) is 0 Å². The van der Waals surface area contributed by atoms with E-state index in [1.54, 1.807) is 0 Å². The van der Waals surface area contributed by atoms with Crippen LogP contribution in [0, 0.1) is 6.92 Å². The molecule has 9 rings (SSSR count). The molecule has 1 heteroatoms. The Morgan fingerprint density at radius 3 is 1.67 bits per heavy atom. The van der Waals surface area contributed by atoms with Crippen molar-refractivity contribution in [2.24, 2.45) is 4.99 Å². The fraction of sp³-hybridized carbons (Fsp3) is 0.0600. The summed E-state index contributed by atoms with van der Waals surface area (Å²) in [7, 11) is 0. The second kappa shape index (κ2) is 13.2. The van der Waals surface area contributed by atoms with E-state index in [4.69, 9.17) is 4.99 Å². The quantitative estimate of drug-likeness (QED) is 0.0924. The predicted molar refractivity (Wildman–Crippen MR) is 218 cm³/mol. The molecular weight excluding hydrogens is 615 g/mol. The molecule has 1 unspecified atom stereocenters. The van der Waals surface area contributed by atoms with E-state index in [0.29, 0.717) is 6.54 Å². The summed E-state index contributed by atoms with van der Waals surface area (Å²) in [4.78, 5) is 5.56. The molecule has 9 aromatic rings. The van der Waals surface area contributed by atoms with Gasteiger partial charge in [-0.2, -0.15) is 0 Å². The Balaban J connectivity index is 1.24. The van der Waals surface area contributed by atoms with E-state index in [0.717, 1.165) is 11.3 Å². The molecule has 0 amide bonds. The molecule has 0 saturated carbocycles. The van der Waals surface area contributed by atoms with Gasteiger partial charge in [-0.1, -0.05) is 176 Å². The van der Waals surface area contributed by atoms with Gasteiger partial charge in [-0.3, -0.25) is 4.99 Å². The number of aliphatic imine (C=N–C) groups is 1. The van der Waals surface area contributed by atoms with Crippen LogP contribution in [-0.2, 0) is 0 Å². The van der Waals surface area contributed by atoms with Gasteiger partial charge >= 0.3 is 0 Å². The molecule has 0 aliphatic heterocycles. The maximum absolute atomic E-state index is 5.56. The molecule has 0 bridgehead atoms. The van der Waals surface area contributed by atoms with Crippen LogP contribution < -0.4 is 0 Å². The fourth-order valence-electron chi connectivity index (χ4n) is 7.92. The van der Waals surface area contributed by atoms with Crippen molar-refractivity contribution < 1.29 is 0 Å². The first-order valence-corrected chi connectivity index (χ1v) is 17.8. The molecule has 0 aliphatic rings. The Morgan fingerprint density at radius 1 is 0.471 bits per heavy atom. The molecule has 242 valence electrons. The summed E-state index contributed by atoms with van der Waals surface area (Å²) in [6.07, 6.45) is 0. The first kappa shape index (κ1) is 30.7. The van der Waals surface area contributed by atoms with Crippen LogP contribution in [-0.4, -0.2) is 12.3 Å². The van der Waals surface area contributed by atoms with Crippen molar-refractivity contribution in [3.8, 4) is 11.1 Å². The number of aryl methyl sites for hydroxylation is 1. The summed E-state index contributed by atoms with van der Waals surface area (Å²) in [5.74, 6) is 0.0196. The maximum atomic E-state index is 5.56. The molecular formula is C50H37N. The van der Waals surface area contributed by atoms with Gasteiger partial charge in [0.2, 0.25) is 0 Å². The molecule has 0 saturated heterocycles. The molecule has 9 aromatic carbocycles. The Hall–Kier alpha value is -6.31. The van der Waals surface area contributed by atoms with Crippen LogP contribution in [0.15, 0.2) is 193 Å². The Kier molecular flexibility index (Phi) is 7.95. The van der Waals surface area contributed by atoms with Crippen molar-refractivity contribution in [3.05, 3.63) is 216 Å². The first-order valence-electron chi connectivity index (χ1n) is 17.8. The maximum Gasteiger partial charge on any atom is 0.0721 e. The Morgan fingerprint density at radius 2 is 1.00 bits per heavy atom. The molecule has 0 fully saturated rings. The average molecular weight is 652 g/mol. The average Bonchev–Trinajstić information content (AvgIpc) is 3.19. The van der Waals surface area contributed by atoms with Gasteiger partial charge < -0.3 is 0 Å². The van der Waals surface area contributed by atoms with Gasteiger partial charge in [-0.15, -0.1) is 0 Å². The number of hydrogen-bond donors (Lipinski definition) is 0. The molecule has 0 spiro atoms. The van der Waals surface area contributed by atoms with Crippen LogP contribution in [0.2, 0.25) is 0 Å². The van der Waals surface area contributed by atoms with E-state index in [2.05, 4.69) is 195 Å². The molecule has 0 heterocycles. The number of rotatable bonds is 7. The summed E-state index contributed by atoms with van der Waals surface area (Å²) < 4.78 is 0. The highest BCUT2D eigenvalue weighted by Gasteiger charge is 2.22. The van der Waals surface area contributed by atoms with Gasteiger partial charge in [-0.05, 0) is 90.0 Å². The monoisotopic (exact) mass is 651 g/mol. The number of fused-ring (bicyclic) bond motifs is 5. The van der Waals surface area contributed by atoms with E-state index in [1.807, 2.05) is 0 Å². The van der Waals surface area contributed by atoms with Crippen LogP contribution in [0.25, 0.3) is 54.2 Å². The zero-order chi connectivity index (χ0) is 34.1. The van der Waals surface area contributed by atoms with E-state index >= 15 is 0 Å². The summed E-state index contributed by atoms with van der Waals surface area (Å²) in [6, 6.07) is 68.4. The zero-order valence-electron chi connectivity index (χ0n) is 28.6. The van der Waals surface area contributed by atoms with Crippen molar-refractivity contribution in [2.45, 2.75) is 12.8 Å². The second-order valence-electron chi connectivity index (χ2n) is 13.5. The lowest BCUT2D eigenvalue weighted by Gasteiger charge is -2.22. The van der Waals surface area contributed by atoms with Gasteiger partial charge in [0.15, 0.2) is 0 Å². The fourth-order valence-corrected chi connectivity index (χ4v) is 7.92. The highest BCUT2D eigenvalue weighted by atomic mass is 14.7. The summed E-state index contributed by atoms with van der Waals surface area (Å²) >= 11 is 0. The van der Waals surface area contributed by atoms with Gasteiger partial charge in [0.1, 0.15) is 0 Å². The van der Waals surface area contributed by atoms with Crippen LogP contribution in [0.1, 0.15) is 33.7 Å². The normalized spacial score (nSPS) is 12.5. The molecule has 1 nitrogen and oxygen atoms in total. The topological polar surface area (TPSA) is 12.4 Å². The van der Waals surface area contributed by atoms with E-state index in [9.17, 15) is 0 Å². The van der Waals surface area contributed by atoms with Crippen molar-refractivity contribution in [3.63, 3.8) is 0 Å². The largest absolute Gasteiger partial charge is 0.283 e. The lowest BCUT2D eigenvalue weighted by atomic mass is 9.83. The lowest BCUT2D eigenvalue weighted by Crippen LogP contribution is -2.12. The molecule has 0 aliphatic carbocycles. The van der Waals surface area contributed by atoms with Crippen LogP contribution in [0.3, 0.4) is 0 Å². The van der Waals surface area contributed by atoms with Gasteiger partial charge in [0, 0.05) is 17.0 Å². The van der Waals surface area contributed by atoms with Gasteiger partial charge in [0.05, 0.1) is 12.3 Å². The Bertz CT molecular complexity index is 2670. The third-order valence-electron chi connectivity index (χ3n) is 10.4. The zero-order valence-corrected chi connectivity index (χ0v) is 28.6. The minimum absolute atomic E-state index is 0.0196. The minimum atomic E-state index is 0.0196. The highest BCUT2D eigenvalue weighted by molar-refractivity contribution is 6.14. The van der Waals surface area contributed by atoms with Crippen molar-refractivity contribution in [2.75, 3.05) is 6.54 Å². The van der Waals surface area contributed by atoms with E-state index in [1.165, 1.54) is 76.5 Å². The second-order valence-corrected chi connectivity index (χ2v) is 13.5. The standard InChI is InChI=1S/C50H37N/c1-34-15-5-9-21-41(34)50(37-16-3-2-4-17-37)51-33-48(49-43-23-11-7-18-38(43)31-39-19-8-12-24-44(39)49)36-29-27-35(28-30-36)47-32-40-20-6-10-22-42(40)45-25-13-14-26-46(45)47/h2-32,48H,33H2,1H3. The smallest absolute Gasteiger partial charge is 0.0721 e. The third kappa shape index (κ3) is 5.67. The van der Waals surface area contributed by atoms with E-state index in [-0.39, 0.29) is 5.92 Å². The number of nitrogens with zero attached hydrogens (tertiary/aromatic N) is 1. The molecule has 0 radical (unpaired) electrons. The van der Waals surface area contributed by atoms with Crippen molar-refractivity contribution in [1.29, 1.82) is 0 Å². The van der Waals surface area contributed by atoms with Crippen molar-refractivity contribution >= 4 is 48.8 Å². The summed E-state index contributed by atoms with van der Waals surface area (Å²) in [5.41, 5.74) is 9.61. The lowest BCUT2D eigenvalue weighted by molar-refractivity contribution is 0.834. The van der Waals surface area contributed by atoms with Gasteiger partial charge in [0.25, 0.3) is 0 Å². The third-order valence-corrected chi connectivity index (χ3v) is 10.4. The SMILES string of the molecule is Cc1ccccc1C(=NCC(c1ccc(-c2cc3ccccc3c3ccccc23)cc1)c1c2ccccc2cc2ccccc12)c1ccccc1. The van der Waals surface area contributed by atoms with Gasteiger partial charge in [-0.25, -0.2) is 0 Å². The molecule has 0 aromatic heterocycles. The van der Waals surface area contributed by atoms with Crippen LogP contribution in [0.4, 0.5) is 0 Å². The Labute approximate surface area is 299 Å². The highest BCUT2D eigenvalue weighted by Crippen LogP contribution is 2.40.